The highest BCUT2D eigenvalue weighted by Crippen LogP contribution is 2.16. The standard InChI is InChI=1S/C15H24FN3O/c1-3-4-9-19(2)10-5-6-15(20)18-12-7-8-13(16)14(17)11-12/h7-8,11H,3-6,9-10,17H2,1-2H3,(H,18,20). The fourth-order valence-electron chi connectivity index (χ4n) is 1.89. The number of hydrogen-bond donors (Lipinski definition) is 2. The third kappa shape index (κ3) is 6.02. The van der Waals surface area contributed by atoms with Crippen molar-refractivity contribution >= 4 is 17.3 Å². The van der Waals surface area contributed by atoms with Crippen LogP contribution in [0.5, 0.6) is 0 Å². The first-order valence-electron chi connectivity index (χ1n) is 7.06. The number of carbonyl (C=O) groups is 1. The van der Waals surface area contributed by atoms with Gasteiger partial charge in [-0.05, 0) is 51.2 Å². The summed E-state index contributed by atoms with van der Waals surface area (Å²) in [4.78, 5) is 14.0. The Bertz CT molecular complexity index is 437. The van der Waals surface area contributed by atoms with Crippen LogP contribution in [0.3, 0.4) is 0 Å². The normalized spacial score (nSPS) is 10.8. The van der Waals surface area contributed by atoms with Crippen molar-refractivity contribution in [3.8, 4) is 0 Å². The van der Waals surface area contributed by atoms with E-state index in [2.05, 4.69) is 24.2 Å². The van der Waals surface area contributed by atoms with Crippen LogP contribution in [0, 0.1) is 5.82 Å². The van der Waals surface area contributed by atoms with Crippen molar-refractivity contribution in [3.63, 3.8) is 0 Å². The highest BCUT2D eigenvalue weighted by atomic mass is 19.1. The zero-order valence-corrected chi connectivity index (χ0v) is 12.3. The van der Waals surface area contributed by atoms with Crippen molar-refractivity contribution in [1.29, 1.82) is 0 Å². The molecule has 0 aliphatic heterocycles. The number of rotatable bonds is 8. The molecule has 1 aromatic carbocycles. The number of nitrogen functional groups attached to an aromatic ring is 1. The minimum absolute atomic E-state index is 0.0436. The van der Waals surface area contributed by atoms with Gasteiger partial charge < -0.3 is 16.0 Å². The quantitative estimate of drug-likeness (QED) is 0.720. The zero-order valence-electron chi connectivity index (χ0n) is 12.3. The largest absolute Gasteiger partial charge is 0.396 e. The Morgan fingerprint density at radius 3 is 2.70 bits per heavy atom. The summed E-state index contributed by atoms with van der Waals surface area (Å²) in [5.74, 6) is -0.541. The molecule has 3 N–H and O–H groups in total. The van der Waals surface area contributed by atoms with Gasteiger partial charge in [-0.25, -0.2) is 4.39 Å². The number of nitrogens with zero attached hydrogens (tertiary/aromatic N) is 1. The number of anilines is 2. The van der Waals surface area contributed by atoms with Crippen LogP contribution in [0.4, 0.5) is 15.8 Å². The van der Waals surface area contributed by atoms with Gasteiger partial charge >= 0.3 is 0 Å². The molecule has 0 fully saturated rings. The maximum atomic E-state index is 13.0. The van der Waals surface area contributed by atoms with Gasteiger partial charge in [-0.2, -0.15) is 0 Å². The third-order valence-corrected chi connectivity index (χ3v) is 3.12. The van der Waals surface area contributed by atoms with E-state index in [4.69, 9.17) is 5.73 Å². The van der Waals surface area contributed by atoms with Gasteiger partial charge in [0.1, 0.15) is 5.82 Å². The summed E-state index contributed by atoms with van der Waals surface area (Å²) < 4.78 is 13.0. The summed E-state index contributed by atoms with van der Waals surface area (Å²) in [6, 6.07) is 4.20. The van der Waals surface area contributed by atoms with E-state index in [-0.39, 0.29) is 11.6 Å². The van der Waals surface area contributed by atoms with Gasteiger partial charge in [0, 0.05) is 12.1 Å². The lowest BCUT2D eigenvalue weighted by Crippen LogP contribution is -2.22. The number of carbonyl (C=O) groups excluding carboxylic acids is 1. The zero-order chi connectivity index (χ0) is 15.0. The lowest BCUT2D eigenvalue weighted by Gasteiger charge is -2.15. The Morgan fingerprint density at radius 1 is 1.35 bits per heavy atom. The number of unbranched alkanes of at least 4 members (excludes halogenated alkanes) is 1. The second kappa shape index (κ2) is 8.53. The van der Waals surface area contributed by atoms with Crippen molar-refractivity contribution in [2.24, 2.45) is 0 Å². The highest BCUT2D eigenvalue weighted by molar-refractivity contribution is 5.91. The topological polar surface area (TPSA) is 58.4 Å². The molecule has 1 aromatic rings. The molecule has 0 radical (unpaired) electrons. The van der Waals surface area contributed by atoms with E-state index in [9.17, 15) is 9.18 Å². The maximum absolute atomic E-state index is 13.0. The predicted octanol–water partition coefficient (Wildman–Crippen LogP) is 2.86. The van der Waals surface area contributed by atoms with Gasteiger partial charge in [0.25, 0.3) is 0 Å². The molecular formula is C15H24FN3O. The number of nitrogens with one attached hydrogen (secondary N) is 1. The van der Waals surface area contributed by atoms with Gasteiger partial charge in [0.05, 0.1) is 5.69 Å². The van der Waals surface area contributed by atoms with Gasteiger partial charge in [-0.1, -0.05) is 13.3 Å². The Morgan fingerprint density at radius 2 is 2.05 bits per heavy atom. The smallest absolute Gasteiger partial charge is 0.224 e. The fraction of sp³-hybridized carbons (Fsp3) is 0.533. The number of halogens is 1. The Kier molecular flexibility index (Phi) is 7.01. The lowest BCUT2D eigenvalue weighted by molar-refractivity contribution is -0.116. The SMILES string of the molecule is CCCCN(C)CCCC(=O)Nc1ccc(F)c(N)c1. The van der Waals surface area contributed by atoms with Crippen LogP contribution in [0.2, 0.25) is 0 Å². The number of nitrogens with two attached hydrogens (primary N) is 1. The fourth-order valence-corrected chi connectivity index (χ4v) is 1.89. The molecule has 0 heterocycles. The van der Waals surface area contributed by atoms with Gasteiger partial charge in [-0.3, -0.25) is 4.79 Å². The monoisotopic (exact) mass is 281 g/mol. The van der Waals surface area contributed by atoms with Crippen molar-refractivity contribution in [3.05, 3.63) is 24.0 Å². The minimum Gasteiger partial charge on any atom is -0.396 e. The molecule has 5 heteroatoms. The second-order valence-corrected chi connectivity index (χ2v) is 5.04. The van der Waals surface area contributed by atoms with Crippen LogP contribution in [0.1, 0.15) is 32.6 Å². The Hall–Kier alpha value is -1.62. The molecule has 0 atom stereocenters. The lowest BCUT2D eigenvalue weighted by atomic mass is 10.2. The average Bonchev–Trinajstić information content (AvgIpc) is 2.40. The molecular weight excluding hydrogens is 257 g/mol. The third-order valence-electron chi connectivity index (χ3n) is 3.12. The molecule has 0 bridgehead atoms. The molecule has 20 heavy (non-hydrogen) atoms. The Labute approximate surface area is 120 Å². The van der Waals surface area contributed by atoms with Crippen LogP contribution < -0.4 is 11.1 Å². The summed E-state index contributed by atoms with van der Waals surface area (Å²) in [6.45, 7) is 4.13. The molecule has 0 aliphatic carbocycles. The molecule has 0 aromatic heterocycles. The van der Waals surface area contributed by atoms with E-state index < -0.39 is 5.82 Å². The van der Waals surface area contributed by atoms with E-state index in [1.165, 1.54) is 31.0 Å². The first-order chi connectivity index (χ1) is 9.52. The summed E-state index contributed by atoms with van der Waals surface area (Å²) >= 11 is 0. The van der Waals surface area contributed by atoms with Gasteiger partial charge in [0.15, 0.2) is 0 Å². The molecule has 0 aliphatic rings. The van der Waals surface area contributed by atoms with E-state index in [0.29, 0.717) is 12.1 Å². The summed E-state index contributed by atoms with van der Waals surface area (Å²) in [5.41, 5.74) is 6.03. The van der Waals surface area contributed by atoms with Crippen LogP contribution in [0.15, 0.2) is 18.2 Å². The number of hydrogen-bond acceptors (Lipinski definition) is 3. The molecule has 0 saturated carbocycles. The average molecular weight is 281 g/mol. The van der Waals surface area contributed by atoms with Gasteiger partial charge in [-0.15, -0.1) is 0 Å². The number of amides is 1. The van der Waals surface area contributed by atoms with Crippen LogP contribution in [-0.4, -0.2) is 30.9 Å². The van der Waals surface area contributed by atoms with Crippen LogP contribution >= 0.6 is 0 Å². The second-order valence-electron chi connectivity index (χ2n) is 5.04. The van der Waals surface area contributed by atoms with Crippen molar-refractivity contribution < 1.29 is 9.18 Å². The molecule has 0 saturated heterocycles. The van der Waals surface area contributed by atoms with E-state index in [1.54, 1.807) is 0 Å². The molecule has 1 amide bonds. The van der Waals surface area contributed by atoms with Gasteiger partial charge in [0.2, 0.25) is 5.91 Å². The molecule has 0 spiro atoms. The van der Waals surface area contributed by atoms with Crippen LogP contribution in [0.25, 0.3) is 0 Å². The molecule has 1 rings (SSSR count). The maximum Gasteiger partial charge on any atom is 0.224 e. The predicted molar refractivity (Wildman–Crippen MR) is 81.1 cm³/mol. The van der Waals surface area contributed by atoms with E-state index in [1.807, 2.05) is 0 Å². The minimum atomic E-state index is -0.472. The summed E-state index contributed by atoms with van der Waals surface area (Å²) in [5, 5.41) is 2.72. The highest BCUT2D eigenvalue weighted by Gasteiger charge is 2.05. The van der Waals surface area contributed by atoms with Crippen LogP contribution in [-0.2, 0) is 4.79 Å². The van der Waals surface area contributed by atoms with Crippen molar-refractivity contribution in [1.82, 2.24) is 4.90 Å². The number of benzene rings is 1. The van der Waals surface area contributed by atoms with E-state index >= 15 is 0 Å². The summed E-state index contributed by atoms with van der Waals surface area (Å²) in [6.07, 6.45) is 3.62. The molecule has 0 unspecified atom stereocenters. The van der Waals surface area contributed by atoms with Crippen molar-refractivity contribution in [2.75, 3.05) is 31.2 Å². The first kappa shape index (κ1) is 16.4. The van der Waals surface area contributed by atoms with E-state index in [0.717, 1.165) is 19.5 Å². The Balaban J connectivity index is 2.28. The molecule has 112 valence electrons. The molecule has 4 nitrogen and oxygen atoms in total. The first-order valence-corrected chi connectivity index (χ1v) is 7.06. The summed E-state index contributed by atoms with van der Waals surface area (Å²) in [7, 11) is 2.06. The van der Waals surface area contributed by atoms with Crippen molar-refractivity contribution in [2.45, 2.75) is 32.6 Å².